The van der Waals surface area contributed by atoms with Gasteiger partial charge in [0.15, 0.2) is 0 Å². The molecular formula is C14H28N2O. The second-order valence-electron chi connectivity index (χ2n) is 6.15. The lowest BCUT2D eigenvalue weighted by molar-refractivity contribution is -0.0838. The Labute approximate surface area is 106 Å². The van der Waals surface area contributed by atoms with Crippen molar-refractivity contribution in [1.29, 1.82) is 0 Å². The number of hydrogen-bond donors (Lipinski definition) is 1. The second-order valence-corrected chi connectivity index (χ2v) is 6.15. The van der Waals surface area contributed by atoms with Crippen molar-refractivity contribution in [2.24, 2.45) is 0 Å². The molecule has 2 fully saturated rings. The first-order valence-corrected chi connectivity index (χ1v) is 7.15. The summed E-state index contributed by atoms with van der Waals surface area (Å²) in [4.78, 5) is 2.28. The quantitative estimate of drug-likeness (QED) is 0.813. The third-order valence-corrected chi connectivity index (χ3v) is 4.59. The molecule has 1 aliphatic carbocycles. The predicted molar refractivity (Wildman–Crippen MR) is 71.3 cm³/mol. The predicted octanol–water partition coefficient (Wildman–Crippen LogP) is 2.02. The Morgan fingerprint density at radius 2 is 2.06 bits per heavy atom. The molecule has 1 heterocycles. The first-order valence-electron chi connectivity index (χ1n) is 7.15. The summed E-state index contributed by atoms with van der Waals surface area (Å²) in [5.74, 6) is 0. The van der Waals surface area contributed by atoms with Crippen LogP contribution in [-0.2, 0) is 4.74 Å². The van der Waals surface area contributed by atoms with E-state index in [4.69, 9.17) is 4.74 Å². The SMILES string of the molecule is CC(CNC1CCOC2(CCCC2)C1)N(C)C. The van der Waals surface area contributed by atoms with Crippen LogP contribution in [0.5, 0.6) is 0 Å². The average Bonchev–Trinajstić information content (AvgIpc) is 2.74. The molecule has 1 saturated heterocycles. The van der Waals surface area contributed by atoms with Crippen LogP contribution < -0.4 is 5.32 Å². The van der Waals surface area contributed by atoms with Gasteiger partial charge < -0.3 is 15.0 Å². The molecule has 2 unspecified atom stereocenters. The molecule has 100 valence electrons. The van der Waals surface area contributed by atoms with Crippen molar-refractivity contribution in [3.8, 4) is 0 Å². The van der Waals surface area contributed by atoms with Gasteiger partial charge in [0.2, 0.25) is 0 Å². The standard InChI is InChI=1S/C14H28N2O/c1-12(16(2)3)11-15-13-6-9-17-14(10-13)7-4-5-8-14/h12-13,15H,4-11H2,1-3H3. The number of hydrogen-bond acceptors (Lipinski definition) is 3. The molecular weight excluding hydrogens is 212 g/mol. The van der Waals surface area contributed by atoms with Crippen molar-refractivity contribution in [2.45, 2.75) is 63.1 Å². The summed E-state index contributed by atoms with van der Waals surface area (Å²) in [5, 5.41) is 3.73. The van der Waals surface area contributed by atoms with Crippen molar-refractivity contribution >= 4 is 0 Å². The molecule has 0 bridgehead atoms. The number of likely N-dealkylation sites (N-methyl/N-ethyl adjacent to an activating group) is 1. The zero-order valence-corrected chi connectivity index (χ0v) is 11.7. The van der Waals surface area contributed by atoms with E-state index in [1.165, 1.54) is 38.5 Å². The van der Waals surface area contributed by atoms with Gasteiger partial charge in [0.05, 0.1) is 5.60 Å². The highest BCUT2D eigenvalue weighted by Gasteiger charge is 2.39. The minimum atomic E-state index is 0.247. The lowest BCUT2D eigenvalue weighted by atomic mass is 9.89. The summed E-state index contributed by atoms with van der Waals surface area (Å²) in [6, 6.07) is 1.28. The lowest BCUT2D eigenvalue weighted by Crippen LogP contribution is -2.48. The molecule has 1 aliphatic heterocycles. The van der Waals surface area contributed by atoms with E-state index >= 15 is 0 Å². The van der Waals surface area contributed by atoms with Gasteiger partial charge in [0.1, 0.15) is 0 Å². The molecule has 0 aromatic carbocycles. The Bertz CT molecular complexity index is 236. The zero-order chi connectivity index (χ0) is 12.3. The lowest BCUT2D eigenvalue weighted by Gasteiger charge is -2.39. The Hall–Kier alpha value is -0.120. The minimum absolute atomic E-state index is 0.247. The summed E-state index contributed by atoms with van der Waals surface area (Å²) in [7, 11) is 4.30. The molecule has 0 aromatic heterocycles. The second kappa shape index (κ2) is 5.68. The first-order chi connectivity index (χ1) is 8.11. The molecule has 0 amide bonds. The van der Waals surface area contributed by atoms with E-state index < -0.39 is 0 Å². The molecule has 3 nitrogen and oxygen atoms in total. The molecule has 0 aromatic rings. The number of nitrogens with zero attached hydrogens (tertiary/aromatic N) is 1. The molecule has 1 saturated carbocycles. The van der Waals surface area contributed by atoms with Crippen LogP contribution in [-0.4, -0.2) is 49.8 Å². The van der Waals surface area contributed by atoms with E-state index in [0.717, 1.165) is 13.2 Å². The average molecular weight is 240 g/mol. The maximum Gasteiger partial charge on any atom is 0.0697 e. The van der Waals surface area contributed by atoms with Crippen LogP contribution >= 0.6 is 0 Å². The van der Waals surface area contributed by atoms with E-state index in [2.05, 4.69) is 31.2 Å². The van der Waals surface area contributed by atoms with Crippen LogP contribution in [0.1, 0.15) is 45.4 Å². The summed E-state index contributed by atoms with van der Waals surface area (Å²) >= 11 is 0. The van der Waals surface area contributed by atoms with Gasteiger partial charge in [-0.3, -0.25) is 0 Å². The van der Waals surface area contributed by atoms with Crippen LogP contribution in [0.25, 0.3) is 0 Å². The van der Waals surface area contributed by atoms with Gasteiger partial charge in [-0.2, -0.15) is 0 Å². The molecule has 2 aliphatic rings. The number of rotatable bonds is 4. The largest absolute Gasteiger partial charge is 0.375 e. The van der Waals surface area contributed by atoms with Crippen molar-refractivity contribution < 1.29 is 4.74 Å². The zero-order valence-electron chi connectivity index (χ0n) is 11.7. The van der Waals surface area contributed by atoms with E-state index in [9.17, 15) is 0 Å². The topological polar surface area (TPSA) is 24.5 Å². The fourth-order valence-electron chi connectivity index (χ4n) is 3.09. The van der Waals surface area contributed by atoms with Gasteiger partial charge >= 0.3 is 0 Å². The highest BCUT2D eigenvalue weighted by atomic mass is 16.5. The molecule has 2 atom stereocenters. The molecule has 2 rings (SSSR count). The maximum absolute atomic E-state index is 6.06. The molecule has 1 N–H and O–H groups in total. The van der Waals surface area contributed by atoms with Gasteiger partial charge in [0, 0.05) is 25.2 Å². The smallest absolute Gasteiger partial charge is 0.0697 e. The van der Waals surface area contributed by atoms with Crippen LogP contribution in [0.3, 0.4) is 0 Å². The summed E-state index contributed by atoms with van der Waals surface area (Å²) in [6.45, 7) is 4.32. The Balaban J connectivity index is 1.77. The van der Waals surface area contributed by atoms with Gasteiger partial charge in [-0.05, 0) is 46.7 Å². The van der Waals surface area contributed by atoms with E-state index in [1.807, 2.05) is 0 Å². The maximum atomic E-state index is 6.06. The normalized spacial score (nSPS) is 30.0. The summed E-state index contributed by atoms with van der Waals surface area (Å²) in [6.07, 6.45) is 7.71. The van der Waals surface area contributed by atoms with Crippen molar-refractivity contribution in [1.82, 2.24) is 10.2 Å². The van der Waals surface area contributed by atoms with Crippen molar-refractivity contribution in [3.63, 3.8) is 0 Å². The minimum Gasteiger partial charge on any atom is -0.375 e. The molecule has 17 heavy (non-hydrogen) atoms. The molecule has 1 spiro atoms. The van der Waals surface area contributed by atoms with Gasteiger partial charge in [-0.15, -0.1) is 0 Å². The van der Waals surface area contributed by atoms with Gasteiger partial charge in [0.25, 0.3) is 0 Å². The summed E-state index contributed by atoms with van der Waals surface area (Å²) < 4.78 is 6.06. The first kappa shape index (κ1) is 13.3. The van der Waals surface area contributed by atoms with Crippen LogP contribution in [0.15, 0.2) is 0 Å². The fourth-order valence-corrected chi connectivity index (χ4v) is 3.09. The van der Waals surface area contributed by atoms with E-state index in [0.29, 0.717) is 12.1 Å². The van der Waals surface area contributed by atoms with E-state index in [1.54, 1.807) is 0 Å². The Morgan fingerprint density at radius 1 is 1.35 bits per heavy atom. The van der Waals surface area contributed by atoms with Gasteiger partial charge in [-0.1, -0.05) is 12.8 Å². The van der Waals surface area contributed by atoms with Crippen LogP contribution in [0.4, 0.5) is 0 Å². The summed E-state index contributed by atoms with van der Waals surface area (Å²) in [5.41, 5.74) is 0.247. The van der Waals surface area contributed by atoms with Crippen LogP contribution in [0, 0.1) is 0 Å². The fraction of sp³-hybridized carbons (Fsp3) is 1.00. The molecule has 3 heteroatoms. The third-order valence-electron chi connectivity index (χ3n) is 4.59. The highest BCUT2D eigenvalue weighted by Crippen LogP contribution is 2.39. The highest BCUT2D eigenvalue weighted by molar-refractivity contribution is 4.93. The van der Waals surface area contributed by atoms with E-state index in [-0.39, 0.29) is 5.60 Å². The van der Waals surface area contributed by atoms with Crippen LogP contribution in [0.2, 0.25) is 0 Å². The monoisotopic (exact) mass is 240 g/mol. The Kier molecular flexibility index (Phi) is 4.45. The Morgan fingerprint density at radius 3 is 2.71 bits per heavy atom. The third kappa shape index (κ3) is 3.43. The van der Waals surface area contributed by atoms with Crippen molar-refractivity contribution in [3.05, 3.63) is 0 Å². The number of ether oxygens (including phenoxy) is 1. The van der Waals surface area contributed by atoms with Gasteiger partial charge in [-0.25, -0.2) is 0 Å². The van der Waals surface area contributed by atoms with Crippen molar-refractivity contribution in [2.75, 3.05) is 27.2 Å². The number of nitrogens with one attached hydrogen (secondary N) is 1. The molecule has 0 radical (unpaired) electrons.